The molecule has 1 aliphatic heterocycles. The maximum absolute atomic E-state index is 15.1. The molecular weight excluding hydrogens is 480 g/mol. The lowest BCUT2D eigenvalue weighted by Crippen LogP contribution is -2.27. The van der Waals surface area contributed by atoms with Crippen molar-refractivity contribution in [2.45, 2.75) is 51.7 Å². The van der Waals surface area contributed by atoms with Crippen molar-refractivity contribution in [1.82, 2.24) is 0 Å². The molecule has 0 bridgehead atoms. The highest BCUT2D eigenvalue weighted by Crippen LogP contribution is 2.35. The van der Waals surface area contributed by atoms with Crippen molar-refractivity contribution in [2.75, 3.05) is 13.2 Å². The largest absolute Gasteiger partial charge is 0.348 e. The second kappa shape index (κ2) is 12.5. The number of allylic oxidation sites excluding steroid dienone is 1. The zero-order valence-corrected chi connectivity index (χ0v) is 21.0. The van der Waals surface area contributed by atoms with Crippen LogP contribution in [-0.4, -0.2) is 13.2 Å². The average molecular weight is 513 g/mol. The Morgan fingerprint density at radius 2 is 1.38 bits per heavy atom. The summed E-state index contributed by atoms with van der Waals surface area (Å²) >= 11 is 0. The molecule has 0 amide bonds. The van der Waals surface area contributed by atoms with Gasteiger partial charge in [-0.3, -0.25) is 0 Å². The lowest BCUT2D eigenvalue weighted by molar-refractivity contribution is -0.207. The van der Waals surface area contributed by atoms with Crippen molar-refractivity contribution >= 4 is 0 Å². The fourth-order valence-corrected chi connectivity index (χ4v) is 4.61. The van der Waals surface area contributed by atoms with Crippen molar-refractivity contribution in [3.05, 3.63) is 95.6 Å². The number of unbranched alkanes of at least 4 members (excludes halogenated alkanes) is 2. The maximum Gasteiger partial charge on any atom is 0.186 e. The highest BCUT2D eigenvalue weighted by molar-refractivity contribution is 5.71. The molecule has 1 saturated heterocycles. The van der Waals surface area contributed by atoms with Gasteiger partial charge in [-0.05, 0) is 42.4 Å². The van der Waals surface area contributed by atoms with Gasteiger partial charge in [0, 0.05) is 22.6 Å². The SMILES string of the molecule is C=CCCC1COC(c2ccc(-c3ccc(-c4ccc(CCCCC)c(F)c4F)cc3)c(F)c2F)OC1. The van der Waals surface area contributed by atoms with Crippen LogP contribution in [-0.2, 0) is 15.9 Å². The van der Waals surface area contributed by atoms with Crippen LogP contribution in [0.5, 0.6) is 0 Å². The maximum atomic E-state index is 15.1. The molecule has 1 aliphatic rings. The van der Waals surface area contributed by atoms with E-state index in [0.717, 1.165) is 32.1 Å². The van der Waals surface area contributed by atoms with E-state index in [-0.39, 0.29) is 22.6 Å². The summed E-state index contributed by atoms with van der Waals surface area (Å²) in [6, 6.07) is 12.4. The molecule has 4 rings (SSSR count). The molecule has 0 atom stereocenters. The Kier molecular flexibility index (Phi) is 9.17. The number of rotatable bonds is 10. The van der Waals surface area contributed by atoms with Gasteiger partial charge in [-0.15, -0.1) is 6.58 Å². The predicted molar refractivity (Wildman–Crippen MR) is 138 cm³/mol. The summed E-state index contributed by atoms with van der Waals surface area (Å²) in [6.45, 7) is 6.56. The third-order valence-electron chi connectivity index (χ3n) is 6.83. The van der Waals surface area contributed by atoms with Crippen LogP contribution in [0.3, 0.4) is 0 Å². The van der Waals surface area contributed by atoms with Gasteiger partial charge >= 0.3 is 0 Å². The van der Waals surface area contributed by atoms with E-state index in [1.807, 2.05) is 6.08 Å². The number of hydrogen-bond acceptors (Lipinski definition) is 2. The molecule has 1 heterocycles. The topological polar surface area (TPSA) is 18.5 Å². The molecule has 6 heteroatoms. The van der Waals surface area contributed by atoms with E-state index in [9.17, 15) is 13.2 Å². The summed E-state index contributed by atoms with van der Waals surface area (Å²) in [6.07, 6.45) is 5.81. The summed E-state index contributed by atoms with van der Waals surface area (Å²) in [7, 11) is 0. The molecule has 3 aromatic carbocycles. The van der Waals surface area contributed by atoms with E-state index in [0.29, 0.717) is 36.3 Å². The summed E-state index contributed by atoms with van der Waals surface area (Å²) < 4.78 is 70.7. The Morgan fingerprint density at radius 1 is 0.784 bits per heavy atom. The Morgan fingerprint density at radius 3 is 1.97 bits per heavy atom. The van der Waals surface area contributed by atoms with E-state index in [1.165, 1.54) is 12.1 Å². The minimum atomic E-state index is -1.03. The number of hydrogen-bond donors (Lipinski definition) is 0. The highest BCUT2D eigenvalue weighted by atomic mass is 19.2. The average Bonchev–Trinajstić information content (AvgIpc) is 2.92. The van der Waals surface area contributed by atoms with Gasteiger partial charge in [0.1, 0.15) is 0 Å². The second-order valence-electron chi connectivity index (χ2n) is 9.50. The van der Waals surface area contributed by atoms with Gasteiger partial charge in [0.25, 0.3) is 0 Å². The number of benzene rings is 3. The third-order valence-corrected chi connectivity index (χ3v) is 6.83. The van der Waals surface area contributed by atoms with Crippen LogP contribution in [0, 0.1) is 29.2 Å². The first-order valence-corrected chi connectivity index (χ1v) is 12.8. The van der Waals surface area contributed by atoms with E-state index >= 15 is 4.39 Å². The lowest BCUT2D eigenvalue weighted by atomic mass is 9.96. The van der Waals surface area contributed by atoms with Crippen LogP contribution in [0.15, 0.2) is 61.2 Å². The Labute approximate surface area is 215 Å². The molecule has 0 aliphatic carbocycles. The van der Waals surface area contributed by atoms with Crippen LogP contribution in [0.1, 0.15) is 56.4 Å². The Bertz CT molecular complexity index is 1210. The van der Waals surface area contributed by atoms with Crippen LogP contribution in [0.4, 0.5) is 17.6 Å². The van der Waals surface area contributed by atoms with E-state index in [2.05, 4.69) is 13.5 Å². The van der Waals surface area contributed by atoms with Gasteiger partial charge < -0.3 is 9.47 Å². The van der Waals surface area contributed by atoms with E-state index in [1.54, 1.807) is 36.4 Å². The zero-order valence-electron chi connectivity index (χ0n) is 21.0. The lowest BCUT2D eigenvalue weighted by Gasteiger charge is -2.29. The van der Waals surface area contributed by atoms with Crippen LogP contribution >= 0.6 is 0 Å². The molecule has 0 radical (unpaired) electrons. The molecule has 0 saturated carbocycles. The van der Waals surface area contributed by atoms with Crippen molar-refractivity contribution in [2.24, 2.45) is 5.92 Å². The molecule has 0 spiro atoms. The van der Waals surface area contributed by atoms with Gasteiger partial charge in [-0.25, -0.2) is 17.6 Å². The highest BCUT2D eigenvalue weighted by Gasteiger charge is 2.28. The summed E-state index contributed by atoms with van der Waals surface area (Å²) in [5.74, 6) is -3.58. The first-order valence-electron chi connectivity index (χ1n) is 12.8. The molecule has 3 aromatic rings. The van der Waals surface area contributed by atoms with Crippen LogP contribution in [0.2, 0.25) is 0 Å². The van der Waals surface area contributed by atoms with Crippen molar-refractivity contribution in [3.8, 4) is 22.3 Å². The van der Waals surface area contributed by atoms with Crippen molar-refractivity contribution in [1.29, 1.82) is 0 Å². The second-order valence-corrected chi connectivity index (χ2v) is 9.50. The van der Waals surface area contributed by atoms with E-state index in [4.69, 9.17) is 9.47 Å². The molecular formula is C31H32F4O2. The van der Waals surface area contributed by atoms with Gasteiger partial charge in [-0.1, -0.05) is 74.4 Å². The molecule has 0 N–H and O–H groups in total. The minimum absolute atomic E-state index is 0.0108. The van der Waals surface area contributed by atoms with Gasteiger partial charge in [0.05, 0.1) is 13.2 Å². The van der Waals surface area contributed by atoms with Crippen LogP contribution < -0.4 is 0 Å². The van der Waals surface area contributed by atoms with Crippen molar-refractivity contribution in [3.63, 3.8) is 0 Å². The van der Waals surface area contributed by atoms with Crippen molar-refractivity contribution < 1.29 is 27.0 Å². The molecule has 0 unspecified atom stereocenters. The molecule has 0 aromatic heterocycles. The summed E-state index contributed by atoms with van der Waals surface area (Å²) in [4.78, 5) is 0. The quantitative estimate of drug-likeness (QED) is 0.153. The summed E-state index contributed by atoms with van der Waals surface area (Å²) in [5, 5.41) is 0. The normalized spacial score (nSPS) is 17.6. The monoisotopic (exact) mass is 512 g/mol. The first-order chi connectivity index (χ1) is 17.9. The summed E-state index contributed by atoms with van der Waals surface area (Å²) in [5.41, 5.74) is 1.43. The first kappa shape index (κ1) is 27.1. The smallest absolute Gasteiger partial charge is 0.186 e. The standard InChI is InChI=1S/C31H32F4O2/c1-3-5-7-9-23-14-15-24(28(33)27(23)32)21-10-12-22(13-11-21)25-16-17-26(30(35)29(25)34)31-36-18-20(19-37-31)8-6-4-2/h4,10-17,20,31H,2-3,5-9,18-19H2,1H3. The van der Waals surface area contributed by atoms with Crippen LogP contribution in [0.25, 0.3) is 22.3 Å². The van der Waals surface area contributed by atoms with Gasteiger partial charge in [0.15, 0.2) is 29.6 Å². The van der Waals surface area contributed by atoms with E-state index < -0.39 is 29.6 Å². The Balaban J connectivity index is 1.50. The zero-order chi connectivity index (χ0) is 26.4. The minimum Gasteiger partial charge on any atom is -0.348 e. The fraction of sp³-hybridized carbons (Fsp3) is 0.355. The number of aryl methyl sites for hydroxylation is 1. The number of halogens is 4. The van der Waals surface area contributed by atoms with Gasteiger partial charge in [-0.2, -0.15) is 0 Å². The third kappa shape index (κ3) is 6.13. The van der Waals surface area contributed by atoms with Gasteiger partial charge in [0.2, 0.25) is 0 Å². The molecule has 196 valence electrons. The molecule has 2 nitrogen and oxygen atoms in total. The Hall–Kier alpha value is -2.96. The predicted octanol–water partition coefficient (Wildman–Crippen LogP) is 8.94. The molecule has 1 fully saturated rings. The number of ether oxygens (including phenoxy) is 2. The fourth-order valence-electron chi connectivity index (χ4n) is 4.61. The molecule has 37 heavy (non-hydrogen) atoms.